The summed E-state index contributed by atoms with van der Waals surface area (Å²) in [6, 6.07) is 24.5. The van der Waals surface area contributed by atoms with Crippen molar-refractivity contribution in [3.05, 3.63) is 106 Å². The first-order chi connectivity index (χ1) is 15.5. The SMILES string of the molecule is CCNC(=O)C(Cc1ccccc1)N(Cc1ccccc1C)C(=O)Cc1ccccc1Cl. The molecule has 0 saturated heterocycles. The van der Waals surface area contributed by atoms with Gasteiger partial charge in [-0.15, -0.1) is 0 Å². The van der Waals surface area contributed by atoms with E-state index in [2.05, 4.69) is 5.32 Å². The summed E-state index contributed by atoms with van der Waals surface area (Å²) < 4.78 is 0. The summed E-state index contributed by atoms with van der Waals surface area (Å²) in [5.74, 6) is -0.286. The standard InChI is InChI=1S/C27H29ClN2O2/c1-3-29-27(32)25(17-21-12-5-4-6-13-21)30(19-23-15-8-7-11-20(23)2)26(31)18-22-14-9-10-16-24(22)28/h4-16,25H,3,17-19H2,1-2H3,(H,29,32). The van der Waals surface area contributed by atoms with Crippen LogP contribution in [0.1, 0.15) is 29.2 Å². The fourth-order valence-corrected chi connectivity index (χ4v) is 3.93. The van der Waals surface area contributed by atoms with Crippen LogP contribution in [0, 0.1) is 6.92 Å². The van der Waals surface area contributed by atoms with Crippen LogP contribution in [0.25, 0.3) is 0 Å². The zero-order valence-electron chi connectivity index (χ0n) is 18.6. The van der Waals surface area contributed by atoms with Gasteiger partial charge in [0, 0.05) is 24.5 Å². The number of hydrogen-bond acceptors (Lipinski definition) is 2. The Hall–Kier alpha value is -3.11. The smallest absolute Gasteiger partial charge is 0.243 e. The second-order valence-corrected chi connectivity index (χ2v) is 8.22. The van der Waals surface area contributed by atoms with Gasteiger partial charge in [-0.3, -0.25) is 9.59 Å². The van der Waals surface area contributed by atoms with Crippen LogP contribution in [-0.4, -0.2) is 29.3 Å². The summed E-state index contributed by atoms with van der Waals surface area (Å²) in [5, 5.41) is 3.47. The normalized spacial score (nSPS) is 11.6. The van der Waals surface area contributed by atoms with Gasteiger partial charge >= 0.3 is 0 Å². The van der Waals surface area contributed by atoms with Crippen LogP contribution >= 0.6 is 11.6 Å². The molecule has 3 rings (SSSR count). The largest absolute Gasteiger partial charge is 0.355 e. The van der Waals surface area contributed by atoms with Gasteiger partial charge < -0.3 is 10.2 Å². The number of aryl methyl sites for hydroxylation is 1. The lowest BCUT2D eigenvalue weighted by molar-refractivity contribution is -0.140. The van der Waals surface area contributed by atoms with Gasteiger partial charge in [0.25, 0.3) is 0 Å². The molecule has 5 heteroatoms. The van der Waals surface area contributed by atoms with Crippen LogP contribution in [0.3, 0.4) is 0 Å². The van der Waals surface area contributed by atoms with Gasteiger partial charge in [0.2, 0.25) is 11.8 Å². The predicted octanol–water partition coefficient (Wildman–Crippen LogP) is 4.97. The molecule has 0 aliphatic carbocycles. The van der Waals surface area contributed by atoms with Gasteiger partial charge in [0.05, 0.1) is 6.42 Å². The Morgan fingerprint density at radius 3 is 2.19 bits per heavy atom. The molecule has 0 fully saturated rings. The van der Waals surface area contributed by atoms with E-state index in [0.717, 1.165) is 22.3 Å². The quantitative estimate of drug-likeness (QED) is 0.502. The summed E-state index contributed by atoms with van der Waals surface area (Å²) in [6.07, 6.45) is 0.572. The number of amides is 2. The first kappa shape index (κ1) is 23.6. The van der Waals surface area contributed by atoms with Crippen molar-refractivity contribution in [1.82, 2.24) is 10.2 Å². The number of halogens is 1. The first-order valence-electron chi connectivity index (χ1n) is 10.9. The Kier molecular flexibility index (Phi) is 8.46. The average molecular weight is 449 g/mol. The van der Waals surface area contributed by atoms with E-state index in [1.165, 1.54) is 0 Å². The van der Waals surface area contributed by atoms with Crippen molar-refractivity contribution in [3.63, 3.8) is 0 Å². The van der Waals surface area contributed by atoms with E-state index in [-0.39, 0.29) is 18.2 Å². The highest BCUT2D eigenvalue weighted by Crippen LogP contribution is 2.21. The van der Waals surface area contributed by atoms with Crippen molar-refractivity contribution in [2.24, 2.45) is 0 Å². The van der Waals surface area contributed by atoms with Crippen molar-refractivity contribution in [2.75, 3.05) is 6.54 Å². The van der Waals surface area contributed by atoms with Crippen molar-refractivity contribution in [2.45, 2.75) is 39.3 Å². The summed E-state index contributed by atoms with van der Waals surface area (Å²) in [5.41, 5.74) is 3.85. The maximum absolute atomic E-state index is 13.6. The van der Waals surface area contributed by atoms with Gasteiger partial charge in [-0.2, -0.15) is 0 Å². The molecule has 0 bridgehead atoms. The number of rotatable bonds is 9. The minimum Gasteiger partial charge on any atom is -0.355 e. The molecule has 166 valence electrons. The lowest BCUT2D eigenvalue weighted by Gasteiger charge is -2.32. The maximum atomic E-state index is 13.6. The Morgan fingerprint density at radius 1 is 0.906 bits per heavy atom. The lowest BCUT2D eigenvalue weighted by Crippen LogP contribution is -2.51. The van der Waals surface area contributed by atoms with E-state index < -0.39 is 6.04 Å². The van der Waals surface area contributed by atoms with E-state index in [0.29, 0.717) is 24.5 Å². The third kappa shape index (κ3) is 6.21. The monoisotopic (exact) mass is 448 g/mol. The molecule has 4 nitrogen and oxygen atoms in total. The zero-order valence-corrected chi connectivity index (χ0v) is 19.3. The summed E-state index contributed by atoms with van der Waals surface area (Å²) >= 11 is 6.33. The van der Waals surface area contributed by atoms with Gasteiger partial charge in [-0.05, 0) is 42.2 Å². The topological polar surface area (TPSA) is 49.4 Å². The number of likely N-dealkylation sites (N-methyl/N-ethyl adjacent to an activating group) is 1. The highest BCUT2D eigenvalue weighted by molar-refractivity contribution is 6.31. The number of nitrogens with one attached hydrogen (secondary N) is 1. The zero-order chi connectivity index (χ0) is 22.9. The van der Waals surface area contributed by atoms with Crippen LogP contribution in [-0.2, 0) is 29.0 Å². The Bertz CT molecular complexity index is 1050. The van der Waals surface area contributed by atoms with Crippen molar-refractivity contribution >= 4 is 23.4 Å². The number of benzene rings is 3. The van der Waals surface area contributed by atoms with E-state index in [4.69, 9.17) is 11.6 Å². The molecule has 3 aromatic rings. The van der Waals surface area contributed by atoms with E-state index in [9.17, 15) is 9.59 Å². The third-order valence-electron chi connectivity index (χ3n) is 5.52. The van der Waals surface area contributed by atoms with E-state index in [1.807, 2.05) is 86.6 Å². The highest BCUT2D eigenvalue weighted by atomic mass is 35.5. The highest BCUT2D eigenvalue weighted by Gasteiger charge is 2.30. The summed E-state index contributed by atoms with van der Waals surface area (Å²) in [7, 11) is 0. The molecule has 1 atom stereocenters. The molecule has 1 unspecified atom stereocenters. The molecule has 0 spiro atoms. The number of nitrogens with zero attached hydrogens (tertiary/aromatic N) is 1. The molecule has 1 N–H and O–H groups in total. The molecular formula is C27H29ClN2O2. The van der Waals surface area contributed by atoms with Crippen molar-refractivity contribution in [1.29, 1.82) is 0 Å². The molecule has 0 heterocycles. The lowest BCUT2D eigenvalue weighted by atomic mass is 10.0. The first-order valence-corrected chi connectivity index (χ1v) is 11.3. The van der Waals surface area contributed by atoms with Crippen molar-refractivity contribution < 1.29 is 9.59 Å². The Labute approximate surface area is 195 Å². The number of hydrogen-bond donors (Lipinski definition) is 1. The minimum absolute atomic E-state index is 0.131. The molecule has 0 aliphatic heterocycles. The number of carbonyl (C=O) groups excluding carboxylic acids is 2. The minimum atomic E-state index is -0.632. The van der Waals surface area contributed by atoms with Crippen LogP contribution in [0.5, 0.6) is 0 Å². The van der Waals surface area contributed by atoms with Gasteiger partial charge in [-0.1, -0.05) is 84.4 Å². The van der Waals surface area contributed by atoms with Crippen LogP contribution in [0.4, 0.5) is 0 Å². The average Bonchev–Trinajstić information content (AvgIpc) is 2.79. The molecule has 3 aromatic carbocycles. The maximum Gasteiger partial charge on any atom is 0.243 e. The molecule has 0 aromatic heterocycles. The second kappa shape index (κ2) is 11.5. The fourth-order valence-electron chi connectivity index (χ4n) is 3.72. The Morgan fingerprint density at radius 2 is 1.53 bits per heavy atom. The molecular weight excluding hydrogens is 420 g/mol. The summed E-state index contributed by atoms with van der Waals surface area (Å²) in [6.45, 7) is 4.75. The Balaban J connectivity index is 1.98. The number of carbonyl (C=O) groups is 2. The molecule has 0 saturated carbocycles. The molecule has 0 radical (unpaired) electrons. The molecule has 2 amide bonds. The van der Waals surface area contributed by atoms with E-state index in [1.54, 1.807) is 11.0 Å². The second-order valence-electron chi connectivity index (χ2n) is 7.82. The van der Waals surface area contributed by atoms with Crippen LogP contribution in [0.15, 0.2) is 78.9 Å². The predicted molar refractivity (Wildman–Crippen MR) is 130 cm³/mol. The van der Waals surface area contributed by atoms with Gasteiger partial charge in [-0.25, -0.2) is 0 Å². The molecule has 0 aliphatic rings. The van der Waals surface area contributed by atoms with Gasteiger partial charge in [0.15, 0.2) is 0 Å². The fraction of sp³-hybridized carbons (Fsp3) is 0.259. The summed E-state index contributed by atoms with van der Waals surface area (Å²) in [4.78, 5) is 28.5. The van der Waals surface area contributed by atoms with Crippen LogP contribution in [0.2, 0.25) is 5.02 Å². The van der Waals surface area contributed by atoms with Crippen LogP contribution < -0.4 is 5.32 Å². The third-order valence-corrected chi connectivity index (χ3v) is 5.89. The van der Waals surface area contributed by atoms with E-state index >= 15 is 0 Å². The van der Waals surface area contributed by atoms with Crippen molar-refractivity contribution in [3.8, 4) is 0 Å². The van der Waals surface area contributed by atoms with Gasteiger partial charge in [0.1, 0.15) is 6.04 Å². The molecule has 32 heavy (non-hydrogen) atoms.